The normalized spacial score (nSPS) is 17.1. The Balaban J connectivity index is 1.82. The molecule has 30 heavy (non-hydrogen) atoms. The van der Waals surface area contributed by atoms with E-state index < -0.39 is 10.0 Å². The number of sulfonamides is 1. The van der Waals surface area contributed by atoms with E-state index in [0.29, 0.717) is 24.6 Å². The molecule has 2 aromatic rings. The summed E-state index contributed by atoms with van der Waals surface area (Å²) in [7, 11) is 3.54. The highest BCUT2D eigenvalue weighted by Gasteiger charge is 2.30. The molecule has 2 heterocycles. The number of carbonyl (C=O) groups excluding carboxylic acids is 1. The van der Waals surface area contributed by atoms with E-state index in [9.17, 15) is 13.2 Å². The molecule has 1 amide bonds. The number of nitrogens with zero attached hydrogens (tertiary/aromatic N) is 5. The number of anilines is 1. The Kier molecular flexibility index (Phi) is 6.42. The second-order valence-corrected chi connectivity index (χ2v) is 10.2. The summed E-state index contributed by atoms with van der Waals surface area (Å²) in [6.07, 6.45) is 0.404. The molecule has 0 spiro atoms. The predicted molar refractivity (Wildman–Crippen MR) is 117 cm³/mol. The molecule has 1 aromatic carbocycles. The minimum absolute atomic E-state index is 0.0163. The fraction of sp³-hybridized carbons (Fsp3) is 0.476. The number of aromatic nitrogens is 2. The summed E-state index contributed by atoms with van der Waals surface area (Å²) in [5.74, 6) is 1.11. The maximum absolute atomic E-state index is 12.8. The highest BCUT2D eigenvalue weighted by atomic mass is 32.2. The van der Waals surface area contributed by atoms with Gasteiger partial charge in [-0.1, -0.05) is 29.8 Å². The van der Waals surface area contributed by atoms with Gasteiger partial charge in [0.1, 0.15) is 11.6 Å². The van der Waals surface area contributed by atoms with E-state index in [-0.39, 0.29) is 24.1 Å². The number of amides is 1. The first-order chi connectivity index (χ1) is 14.0. The lowest BCUT2D eigenvalue weighted by Gasteiger charge is -2.20. The van der Waals surface area contributed by atoms with Crippen molar-refractivity contribution < 1.29 is 13.2 Å². The fourth-order valence-corrected chi connectivity index (χ4v) is 4.52. The van der Waals surface area contributed by atoms with Crippen molar-refractivity contribution in [2.75, 3.05) is 39.6 Å². The molecule has 0 bridgehead atoms. The molecule has 8 nitrogen and oxygen atoms in total. The first kappa shape index (κ1) is 22.2. The van der Waals surface area contributed by atoms with Gasteiger partial charge in [-0.15, -0.1) is 0 Å². The van der Waals surface area contributed by atoms with Crippen molar-refractivity contribution in [2.24, 2.45) is 0 Å². The van der Waals surface area contributed by atoms with Crippen LogP contribution in [0.3, 0.4) is 0 Å². The Hall–Kier alpha value is -2.52. The van der Waals surface area contributed by atoms with Crippen molar-refractivity contribution in [3.05, 3.63) is 53.0 Å². The van der Waals surface area contributed by atoms with E-state index in [4.69, 9.17) is 0 Å². The van der Waals surface area contributed by atoms with Gasteiger partial charge in [0.25, 0.3) is 0 Å². The monoisotopic (exact) mass is 431 g/mol. The van der Waals surface area contributed by atoms with Crippen LogP contribution in [0.2, 0.25) is 0 Å². The Morgan fingerprint density at radius 3 is 2.37 bits per heavy atom. The Labute approximate surface area is 178 Å². The third-order valence-corrected chi connectivity index (χ3v) is 7.08. The Morgan fingerprint density at radius 1 is 1.13 bits per heavy atom. The van der Waals surface area contributed by atoms with Crippen LogP contribution >= 0.6 is 0 Å². The quantitative estimate of drug-likeness (QED) is 0.664. The summed E-state index contributed by atoms with van der Waals surface area (Å²) in [6, 6.07) is 9.34. The van der Waals surface area contributed by atoms with Gasteiger partial charge >= 0.3 is 0 Å². The molecule has 162 valence electrons. The number of likely N-dealkylation sites (N-methyl/N-ethyl adjacent to an activating group) is 1. The van der Waals surface area contributed by atoms with Crippen molar-refractivity contribution in [1.29, 1.82) is 0 Å². The van der Waals surface area contributed by atoms with Gasteiger partial charge in [0.05, 0.1) is 18.0 Å². The molecular formula is C21H29N5O3S. The average molecular weight is 432 g/mol. The van der Waals surface area contributed by atoms with Crippen molar-refractivity contribution in [3.8, 4) is 0 Å². The summed E-state index contributed by atoms with van der Waals surface area (Å²) in [4.78, 5) is 24.6. The SMILES string of the molecule is Cc1ccc(CS(=O)(=O)N(C)Cc2nc([C@H]3CC(=O)N(C)C3)cc(N(C)C)n2)cc1. The number of rotatable bonds is 7. The molecule has 0 unspecified atom stereocenters. The number of likely N-dealkylation sites (tertiary alicyclic amines) is 1. The van der Waals surface area contributed by atoms with Crippen molar-refractivity contribution in [1.82, 2.24) is 19.2 Å². The van der Waals surface area contributed by atoms with Gasteiger partial charge in [-0.25, -0.2) is 18.4 Å². The fourth-order valence-electron chi connectivity index (χ4n) is 3.38. The molecule has 9 heteroatoms. The summed E-state index contributed by atoms with van der Waals surface area (Å²) >= 11 is 0. The zero-order chi connectivity index (χ0) is 22.1. The van der Waals surface area contributed by atoms with Crippen molar-refractivity contribution in [2.45, 2.75) is 31.6 Å². The molecule has 3 rings (SSSR count). The van der Waals surface area contributed by atoms with Crippen LogP contribution in [0.5, 0.6) is 0 Å². The number of hydrogen-bond donors (Lipinski definition) is 0. The molecule has 1 aromatic heterocycles. The van der Waals surface area contributed by atoms with E-state index in [0.717, 1.165) is 16.8 Å². The number of carbonyl (C=O) groups is 1. The number of aryl methyl sites for hydroxylation is 1. The van der Waals surface area contributed by atoms with Gasteiger partial charge in [-0.3, -0.25) is 4.79 Å². The molecule has 1 saturated heterocycles. The molecule has 0 aliphatic carbocycles. The molecular weight excluding hydrogens is 402 g/mol. The van der Waals surface area contributed by atoms with Crippen LogP contribution in [-0.2, 0) is 27.1 Å². The summed E-state index contributed by atoms with van der Waals surface area (Å²) in [6.45, 7) is 2.63. The van der Waals surface area contributed by atoms with E-state index in [1.807, 2.05) is 56.3 Å². The lowest BCUT2D eigenvalue weighted by atomic mass is 10.0. The van der Waals surface area contributed by atoms with E-state index in [2.05, 4.69) is 9.97 Å². The van der Waals surface area contributed by atoms with Gasteiger partial charge in [-0.05, 0) is 12.5 Å². The molecule has 1 aliphatic heterocycles. The Morgan fingerprint density at radius 2 is 1.80 bits per heavy atom. The van der Waals surface area contributed by atoms with Crippen molar-refractivity contribution >= 4 is 21.7 Å². The zero-order valence-electron chi connectivity index (χ0n) is 18.2. The third kappa shape index (κ3) is 5.14. The van der Waals surface area contributed by atoms with E-state index in [1.54, 1.807) is 19.0 Å². The average Bonchev–Trinajstić information content (AvgIpc) is 3.02. The first-order valence-corrected chi connectivity index (χ1v) is 11.4. The van der Waals surface area contributed by atoms with Gasteiger partial charge in [0, 0.05) is 53.1 Å². The molecule has 0 N–H and O–H groups in total. The van der Waals surface area contributed by atoms with E-state index >= 15 is 0 Å². The molecule has 0 radical (unpaired) electrons. The summed E-state index contributed by atoms with van der Waals surface area (Å²) in [5.41, 5.74) is 2.59. The maximum atomic E-state index is 12.8. The lowest BCUT2D eigenvalue weighted by molar-refractivity contribution is -0.126. The van der Waals surface area contributed by atoms with Gasteiger partial charge in [0.15, 0.2) is 0 Å². The minimum Gasteiger partial charge on any atom is -0.363 e. The summed E-state index contributed by atoms with van der Waals surface area (Å²) < 4.78 is 27.0. The molecule has 1 aliphatic rings. The number of benzene rings is 1. The topological polar surface area (TPSA) is 86.7 Å². The molecule has 1 atom stereocenters. The molecule has 0 saturated carbocycles. The van der Waals surface area contributed by atoms with Crippen LogP contribution in [0.4, 0.5) is 5.82 Å². The second kappa shape index (κ2) is 8.69. The minimum atomic E-state index is -3.53. The van der Waals surface area contributed by atoms with Crippen LogP contribution in [0, 0.1) is 6.92 Å². The van der Waals surface area contributed by atoms with Gasteiger partial charge in [0.2, 0.25) is 15.9 Å². The van der Waals surface area contributed by atoms with Gasteiger partial charge in [-0.2, -0.15) is 4.31 Å². The highest BCUT2D eigenvalue weighted by molar-refractivity contribution is 7.88. The third-order valence-electron chi connectivity index (χ3n) is 5.30. The molecule has 1 fully saturated rings. The van der Waals surface area contributed by atoms with Crippen LogP contribution in [0.15, 0.2) is 30.3 Å². The van der Waals surface area contributed by atoms with Crippen LogP contribution in [-0.4, -0.2) is 68.2 Å². The van der Waals surface area contributed by atoms with Crippen LogP contribution in [0.25, 0.3) is 0 Å². The van der Waals surface area contributed by atoms with E-state index in [1.165, 1.54) is 4.31 Å². The van der Waals surface area contributed by atoms with Crippen LogP contribution in [0.1, 0.15) is 35.0 Å². The highest BCUT2D eigenvalue weighted by Crippen LogP contribution is 2.28. The predicted octanol–water partition coefficient (Wildman–Crippen LogP) is 1.76. The largest absolute Gasteiger partial charge is 0.363 e. The first-order valence-electron chi connectivity index (χ1n) is 9.84. The van der Waals surface area contributed by atoms with Crippen molar-refractivity contribution in [3.63, 3.8) is 0 Å². The lowest BCUT2D eigenvalue weighted by Crippen LogP contribution is -2.29. The standard InChI is InChI=1S/C21H29N5O3S/c1-15-6-8-16(9-7-15)14-30(28,29)26(5)13-19-22-18(11-20(23-19)24(2)3)17-10-21(27)25(4)12-17/h6-9,11,17H,10,12-14H2,1-5H3/t17-/m0/s1. The van der Waals surface area contributed by atoms with Gasteiger partial charge < -0.3 is 9.80 Å². The second-order valence-electron chi connectivity index (χ2n) is 8.13. The summed E-state index contributed by atoms with van der Waals surface area (Å²) in [5, 5.41) is 0. The smallest absolute Gasteiger partial charge is 0.223 e. The zero-order valence-corrected chi connectivity index (χ0v) is 19.0. The number of hydrogen-bond acceptors (Lipinski definition) is 6. The Bertz CT molecular complexity index is 1020. The van der Waals surface area contributed by atoms with Crippen LogP contribution < -0.4 is 4.90 Å². The maximum Gasteiger partial charge on any atom is 0.223 e.